The monoisotopic (exact) mass is 247 g/mol. The number of aromatic nitrogens is 1. The van der Waals surface area contributed by atoms with E-state index in [1.54, 1.807) is 6.20 Å². The summed E-state index contributed by atoms with van der Waals surface area (Å²) in [6.45, 7) is 2.87. The number of nitrogens with zero attached hydrogens (tertiary/aromatic N) is 2. The second-order valence-electron chi connectivity index (χ2n) is 4.32. The Balaban J connectivity index is 2.16. The number of halogens is 1. The minimum absolute atomic E-state index is 0.331. The highest BCUT2D eigenvalue weighted by Crippen LogP contribution is 2.29. The molecule has 1 aliphatic rings. The van der Waals surface area contributed by atoms with Crippen molar-refractivity contribution in [2.45, 2.75) is 0 Å². The molecule has 0 unspecified atom stereocenters. The van der Waals surface area contributed by atoms with Crippen molar-refractivity contribution in [3.05, 3.63) is 30.2 Å². The zero-order chi connectivity index (χ0) is 12.5. The van der Waals surface area contributed by atoms with Crippen LogP contribution >= 0.6 is 0 Å². The summed E-state index contributed by atoms with van der Waals surface area (Å²) in [5.41, 5.74) is 6.29. The molecule has 0 saturated carbocycles. The van der Waals surface area contributed by atoms with Crippen LogP contribution in [0.4, 0.5) is 15.9 Å². The SMILES string of the molecule is Nc1cc(F)cc2c(N3CCOCC3)nccc12. The topological polar surface area (TPSA) is 51.4 Å². The first-order chi connectivity index (χ1) is 8.75. The van der Waals surface area contributed by atoms with Gasteiger partial charge in [-0.1, -0.05) is 0 Å². The lowest BCUT2D eigenvalue weighted by Crippen LogP contribution is -2.36. The van der Waals surface area contributed by atoms with Crippen molar-refractivity contribution in [3.63, 3.8) is 0 Å². The molecular formula is C13H14FN3O. The van der Waals surface area contributed by atoms with Crippen molar-refractivity contribution >= 4 is 22.3 Å². The number of hydrogen-bond donors (Lipinski definition) is 1. The van der Waals surface area contributed by atoms with Crippen molar-refractivity contribution < 1.29 is 9.13 Å². The Morgan fingerprint density at radius 1 is 1.22 bits per heavy atom. The van der Waals surface area contributed by atoms with Gasteiger partial charge in [-0.05, 0) is 18.2 Å². The maximum absolute atomic E-state index is 13.5. The molecule has 1 saturated heterocycles. The van der Waals surface area contributed by atoms with Crippen molar-refractivity contribution in [2.75, 3.05) is 36.9 Å². The molecular weight excluding hydrogens is 233 g/mol. The molecule has 0 spiro atoms. The third kappa shape index (κ3) is 1.86. The first-order valence-electron chi connectivity index (χ1n) is 5.92. The van der Waals surface area contributed by atoms with E-state index >= 15 is 0 Å². The van der Waals surface area contributed by atoms with Gasteiger partial charge in [0.25, 0.3) is 0 Å². The lowest BCUT2D eigenvalue weighted by atomic mass is 10.1. The van der Waals surface area contributed by atoms with Crippen LogP contribution in [0.25, 0.3) is 10.8 Å². The summed E-state index contributed by atoms with van der Waals surface area (Å²) in [5, 5.41) is 1.60. The van der Waals surface area contributed by atoms with E-state index in [1.165, 1.54) is 12.1 Å². The summed E-state index contributed by atoms with van der Waals surface area (Å²) in [6.07, 6.45) is 1.71. The van der Waals surface area contributed by atoms with Gasteiger partial charge in [0.2, 0.25) is 0 Å². The second kappa shape index (κ2) is 4.42. The molecule has 0 atom stereocenters. The standard InChI is InChI=1S/C13H14FN3O/c14-9-7-11-10(12(15)8-9)1-2-16-13(11)17-3-5-18-6-4-17/h1-2,7-8H,3-6,15H2. The van der Waals surface area contributed by atoms with Crippen LogP contribution in [-0.2, 0) is 4.74 Å². The molecule has 2 N–H and O–H groups in total. The molecule has 1 fully saturated rings. The number of pyridine rings is 1. The molecule has 2 aromatic rings. The normalized spacial score (nSPS) is 16.2. The highest BCUT2D eigenvalue weighted by Gasteiger charge is 2.16. The number of nitrogen functional groups attached to an aromatic ring is 1. The van der Waals surface area contributed by atoms with E-state index in [1.807, 2.05) is 6.07 Å². The highest BCUT2D eigenvalue weighted by molar-refractivity contribution is 5.99. The zero-order valence-corrected chi connectivity index (χ0v) is 9.90. The highest BCUT2D eigenvalue weighted by atomic mass is 19.1. The van der Waals surface area contributed by atoms with Gasteiger partial charge in [-0.25, -0.2) is 9.37 Å². The predicted molar refractivity (Wildman–Crippen MR) is 69.1 cm³/mol. The second-order valence-corrected chi connectivity index (χ2v) is 4.32. The van der Waals surface area contributed by atoms with E-state index in [4.69, 9.17) is 10.5 Å². The third-order valence-electron chi connectivity index (χ3n) is 3.17. The smallest absolute Gasteiger partial charge is 0.136 e. The Hall–Kier alpha value is -1.88. The van der Waals surface area contributed by atoms with Gasteiger partial charge in [0.15, 0.2) is 0 Å². The molecule has 18 heavy (non-hydrogen) atoms. The lowest BCUT2D eigenvalue weighted by molar-refractivity contribution is 0.122. The number of morpholine rings is 1. The zero-order valence-electron chi connectivity index (χ0n) is 9.90. The minimum atomic E-state index is -0.331. The number of hydrogen-bond acceptors (Lipinski definition) is 4. The maximum Gasteiger partial charge on any atom is 0.136 e. The molecule has 1 aromatic heterocycles. The molecule has 0 bridgehead atoms. The van der Waals surface area contributed by atoms with Crippen LogP contribution < -0.4 is 10.6 Å². The summed E-state index contributed by atoms with van der Waals surface area (Å²) in [4.78, 5) is 6.46. The fourth-order valence-electron chi connectivity index (χ4n) is 2.29. The molecule has 4 nitrogen and oxygen atoms in total. The minimum Gasteiger partial charge on any atom is -0.398 e. The van der Waals surface area contributed by atoms with Crippen LogP contribution in [0.15, 0.2) is 24.4 Å². The van der Waals surface area contributed by atoms with Crippen molar-refractivity contribution in [3.8, 4) is 0 Å². The number of anilines is 2. The summed E-state index contributed by atoms with van der Waals surface area (Å²) < 4.78 is 18.8. The Kier molecular flexibility index (Phi) is 2.76. The van der Waals surface area contributed by atoms with Gasteiger partial charge in [-0.15, -0.1) is 0 Å². The van der Waals surface area contributed by atoms with Gasteiger partial charge in [0, 0.05) is 35.7 Å². The molecule has 0 amide bonds. The molecule has 1 aromatic carbocycles. The largest absolute Gasteiger partial charge is 0.398 e. The average Bonchev–Trinajstić information content (AvgIpc) is 2.39. The summed E-state index contributed by atoms with van der Waals surface area (Å²) in [6, 6.07) is 4.64. The van der Waals surface area contributed by atoms with Crippen molar-refractivity contribution in [1.29, 1.82) is 0 Å². The number of rotatable bonds is 1. The van der Waals surface area contributed by atoms with Crippen LogP contribution in [-0.4, -0.2) is 31.3 Å². The molecule has 0 aliphatic carbocycles. The first-order valence-corrected chi connectivity index (χ1v) is 5.92. The van der Waals surface area contributed by atoms with Gasteiger partial charge in [0.1, 0.15) is 11.6 Å². The summed E-state index contributed by atoms with van der Waals surface area (Å²) >= 11 is 0. The lowest BCUT2D eigenvalue weighted by Gasteiger charge is -2.28. The van der Waals surface area contributed by atoms with Crippen LogP contribution in [0.1, 0.15) is 0 Å². The number of nitrogens with two attached hydrogens (primary N) is 1. The van der Waals surface area contributed by atoms with Gasteiger partial charge in [-0.2, -0.15) is 0 Å². The molecule has 2 heterocycles. The van der Waals surface area contributed by atoms with Crippen molar-refractivity contribution in [2.24, 2.45) is 0 Å². The number of fused-ring (bicyclic) bond motifs is 1. The Labute approximate surface area is 104 Å². The Bertz CT molecular complexity index is 582. The van der Waals surface area contributed by atoms with E-state index in [0.29, 0.717) is 18.9 Å². The number of benzene rings is 1. The van der Waals surface area contributed by atoms with Gasteiger partial charge < -0.3 is 15.4 Å². The average molecular weight is 247 g/mol. The predicted octanol–water partition coefficient (Wildman–Crippen LogP) is 1.79. The van der Waals surface area contributed by atoms with Crippen LogP contribution in [0.2, 0.25) is 0 Å². The molecule has 1 aliphatic heterocycles. The van der Waals surface area contributed by atoms with Gasteiger partial charge >= 0.3 is 0 Å². The summed E-state index contributed by atoms with van der Waals surface area (Å²) in [5.74, 6) is 0.449. The van der Waals surface area contributed by atoms with E-state index in [2.05, 4.69) is 9.88 Å². The van der Waals surface area contributed by atoms with E-state index < -0.39 is 0 Å². The van der Waals surface area contributed by atoms with E-state index in [-0.39, 0.29) is 5.82 Å². The third-order valence-corrected chi connectivity index (χ3v) is 3.17. The van der Waals surface area contributed by atoms with Gasteiger partial charge in [-0.3, -0.25) is 0 Å². The van der Waals surface area contributed by atoms with Crippen LogP contribution in [0.3, 0.4) is 0 Å². The maximum atomic E-state index is 13.5. The fourth-order valence-corrected chi connectivity index (χ4v) is 2.29. The first kappa shape index (κ1) is 11.2. The quantitative estimate of drug-likeness (QED) is 0.781. The van der Waals surface area contributed by atoms with Crippen molar-refractivity contribution in [1.82, 2.24) is 4.98 Å². The molecule has 94 valence electrons. The summed E-state index contributed by atoms with van der Waals surface area (Å²) in [7, 11) is 0. The number of ether oxygens (including phenoxy) is 1. The Morgan fingerprint density at radius 2 is 2.00 bits per heavy atom. The molecule has 5 heteroatoms. The van der Waals surface area contributed by atoms with Crippen LogP contribution in [0, 0.1) is 5.82 Å². The Morgan fingerprint density at radius 3 is 2.78 bits per heavy atom. The van der Waals surface area contributed by atoms with Gasteiger partial charge in [0.05, 0.1) is 13.2 Å². The van der Waals surface area contributed by atoms with E-state index in [0.717, 1.165) is 29.7 Å². The molecule has 0 radical (unpaired) electrons. The van der Waals surface area contributed by atoms with Crippen LogP contribution in [0.5, 0.6) is 0 Å². The fraction of sp³-hybridized carbons (Fsp3) is 0.308. The molecule has 3 rings (SSSR count). The van der Waals surface area contributed by atoms with E-state index in [9.17, 15) is 4.39 Å².